The smallest absolute Gasteiger partial charge is 0.132 e. The molecule has 15 heavy (non-hydrogen) atoms. The van der Waals surface area contributed by atoms with E-state index >= 15 is 0 Å². The Balaban J connectivity index is 3.68. The maximum Gasteiger partial charge on any atom is 0.132 e. The molecule has 2 nitrogen and oxygen atoms in total. The first kappa shape index (κ1) is 14.6. The molecule has 0 heterocycles. The molecule has 0 spiro atoms. The number of unbranched alkanes of at least 4 members (excludes halogenated alkanes) is 3. The second-order valence-electron chi connectivity index (χ2n) is 4.25. The highest BCUT2D eigenvalue weighted by atomic mass is 16.5. The first-order valence-corrected chi connectivity index (χ1v) is 6.31. The van der Waals surface area contributed by atoms with Crippen molar-refractivity contribution in [2.24, 2.45) is 0 Å². The summed E-state index contributed by atoms with van der Waals surface area (Å²) in [4.78, 5) is 11.0. The molecule has 2 heteroatoms. The lowest BCUT2D eigenvalue weighted by atomic mass is 10.1. The summed E-state index contributed by atoms with van der Waals surface area (Å²) in [5.74, 6) is 0.244. The van der Waals surface area contributed by atoms with Crippen molar-refractivity contribution in [3.05, 3.63) is 0 Å². The lowest BCUT2D eigenvalue weighted by molar-refractivity contribution is -0.120. The number of rotatable bonds is 10. The fraction of sp³-hybridized carbons (Fsp3) is 0.923. The van der Waals surface area contributed by atoms with E-state index in [2.05, 4.69) is 13.8 Å². The Morgan fingerprint density at radius 1 is 1.13 bits per heavy atom. The van der Waals surface area contributed by atoms with Gasteiger partial charge in [0.2, 0.25) is 0 Å². The highest BCUT2D eigenvalue weighted by molar-refractivity contribution is 5.75. The Kier molecular flexibility index (Phi) is 9.91. The third kappa shape index (κ3) is 9.92. The standard InChI is InChI=1S/C13H26O2/c1-4-6-8-9-13(11-12(3)14)15-10-7-5-2/h13H,4-11H2,1-3H3. The third-order valence-corrected chi connectivity index (χ3v) is 2.50. The summed E-state index contributed by atoms with van der Waals surface area (Å²) in [7, 11) is 0. The van der Waals surface area contributed by atoms with Crippen LogP contribution in [0.25, 0.3) is 0 Å². The normalized spacial score (nSPS) is 12.7. The molecule has 1 unspecified atom stereocenters. The monoisotopic (exact) mass is 214 g/mol. The third-order valence-electron chi connectivity index (χ3n) is 2.50. The van der Waals surface area contributed by atoms with Crippen LogP contribution in [-0.4, -0.2) is 18.5 Å². The summed E-state index contributed by atoms with van der Waals surface area (Å²) >= 11 is 0. The van der Waals surface area contributed by atoms with Crippen LogP contribution in [0.3, 0.4) is 0 Å². The molecule has 0 aromatic heterocycles. The van der Waals surface area contributed by atoms with Crippen LogP contribution >= 0.6 is 0 Å². The number of carbonyl (C=O) groups excluding carboxylic acids is 1. The van der Waals surface area contributed by atoms with Crippen LogP contribution in [0.1, 0.15) is 65.7 Å². The SMILES string of the molecule is CCCCCC(CC(C)=O)OCCCC. The molecule has 0 aliphatic carbocycles. The molecule has 0 N–H and O–H groups in total. The van der Waals surface area contributed by atoms with Crippen molar-refractivity contribution in [3.8, 4) is 0 Å². The Hall–Kier alpha value is -0.370. The molecule has 0 saturated heterocycles. The molecule has 0 aliphatic rings. The molecular formula is C13H26O2. The van der Waals surface area contributed by atoms with Gasteiger partial charge in [-0.1, -0.05) is 39.5 Å². The molecule has 0 fully saturated rings. The van der Waals surface area contributed by atoms with E-state index in [1.807, 2.05) is 0 Å². The zero-order chi connectivity index (χ0) is 11.5. The first-order chi connectivity index (χ1) is 7.20. The van der Waals surface area contributed by atoms with Gasteiger partial charge in [-0.15, -0.1) is 0 Å². The highest BCUT2D eigenvalue weighted by Gasteiger charge is 2.10. The highest BCUT2D eigenvalue weighted by Crippen LogP contribution is 2.11. The minimum Gasteiger partial charge on any atom is -0.378 e. The molecule has 0 amide bonds. The van der Waals surface area contributed by atoms with E-state index in [4.69, 9.17) is 4.74 Å². The van der Waals surface area contributed by atoms with Crippen LogP contribution in [0.2, 0.25) is 0 Å². The molecule has 1 atom stereocenters. The van der Waals surface area contributed by atoms with Gasteiger partial charge < -0.3 is 4.74 Å². The van der Waals surface area contributed by atoms with Gasteiger partial charge in [-0.3, -0.25) is 4.79 Å². The predicted octanol–water partition coefficient (Wildman–Crippen LogP) is 3.73. The van der Waals surface area contributed by atoms with E-state index in [-0.39, 0.29) is 11.9 Å². The maximum atomic E-state index is 11.0. The van der Waals surface area contributed by atoms with Crippen molar-refractivity contribution in [2.45, 2.75) is 71.8 Å². The summed E-state index contributed by atoms with van der Waals surface area (Å²) in [5, 5.41) is 0. The maximum absolute atomic E-state index is 11.0. The van der Waals surface area contributed by atoms with Gasteiger partial charge in [0, 0.05) is 13.0 Å². The van der Waals surface area contributed by atoms with Gasteiger partial charge in [0.25, 0.3) is 0 Å². The largest absolute Gasteiger partial charge is 0.378 e. The summed E-state index contributed by atoms with van der Waals surface area (Å²) in [6, 6.07) is 0. The van der Waals surface area contributed by atoms with E-state index < -0.39 is 0 Å². The zero-order valence-corrected chi connectivity index (χ0v) is 10.6. The number of hydrogen-bond acceptors (Lipinski definition) is 2. The second kappa shape index (κ2) is 10.2. The van der Waals surface area contributed by atoms with Gasteiger partial charge in [0.1, 0.15) is 5.78 Å². The number of carbonyl (C=O) groups is 1. The van der Waals surface area contributed by atoms with Crippen molar-refractivity contribution >= 4 is 5.78 Å². The van der Waals surface area contributed by atoms with Crippen molar-refractivity contribution in [1.82, 2.24) is 0 Å². The zero-order valence-electron chi connectivity index (χ0n) is 10.6. The number of Topliss-reactive ketones (excluding diaryl/α,β-unsaturated/α-hetero) is 1. The average Bonchev–Trinajstić information content (AvgIpc) is 2.17. The summed E-state index contributed by atoms with van der Waals surface area (Å²) in [6.45, 7) is 6.80. The molecule has 0 aliphatic heterocycles. The number of ether oxygens (including phenoxy) is 1. The molecular weight excluding hydrogens is 188 g/mol. The van der Waals surface area contributed by atoms with Crippen LogP contribution in [-0.2, 0) is 9.53 Å². The van der Waals surface area contributed by atoms with Gasteiger partial charge in [-0.05, 0) is 19.8 Å². The summed E-state index contributed by atoms with van der Waals surface area (Å²) in [5.41, 5.74) is 0. The Morgan fingerprint density at radius 3 is 2.33 bits per heavy atom. The van der Waals surface area contributed by atoms with Crippen LogP contribution in [0.15, 0.2) is 0 Å². The molecule has 0 rings (SSSR count). The van der Waals surface area contributed by atoms with Crippen LogP contribution in [0.4, 0.5) is 0 Å². The lowest BCUT2D eigenvalue weighted by Gasteiger charge is -2.16. The van der Waals surface area contributed by atoms with E-state index in [1.54, 1.807) is 6.92 Å². The molecule has 0 radical (unpaired) electrons. The quantitative estimate of drug-likeness (QED) is 0.518. The van der Waals surface area contributed by atoms with Crippen molar-refractivity contribution < 1.29 is 9.53 Å². The lowest BCUT2D eigenvalue weighted by Crippen LogP contribution is -2.17. The van der Waals surface area contributed by atoms with E-state index in [0.29, 0.717) is 6.42 Å². The summed E-state index contributed by atoms with van der Waals surface area (Å²) < 4.78 is 5.72. The Bertz CT molecular complexity index is 145. The molecule has 0 aromatic carbocycles. The first-order valence-electron chi connectivity index (χ1n) is 6.31. The van der Waals surface area contributed by atoms with Gasteiger partial charge in [-0.25, -0.2) is 0 Å². The Morgan fingerprint density at radius 2 is 1.80 bits per heavy atom. The van der Waals surface area contributed by atoms with E-state index in [9.17, 15) is 4.79 Å². The minimum absolute atomic E-state index is 0.167. The molecule has 0 aromatic rings. The molecule has 90 valence electrons. The van der Waals surface area contributed by atoms with Crippen molar-refractivity contribution in [1.29, 1.82) is 0 Å². The number of ketones is 1. The van der Waals surface area contributed by atoms with Gasteiger partial charge in [-0.2, -0.15) is 0 Å². The van der Waals surface area contributed by atoms with Crippen LogP contribution in [0.5, 0.6) is 0 Å². The van der Waals surface area contributed by atoms with Crippen LogP contribution in [0, 0.1) is 0 Å². The van der Waals surface area contributed by atoms with E-state index in [0.717, 1.165) is 25.9 Å². The summed E-state index contributed by atoms with van der Waals surface area (Å²) in [6.07, 6.45) is 7.70. The molecule has 0 bridgehead atoms. The molecule has 0 saturated carbocycles. The second-order valence-corrected chi connectivity index (χ2v) is 4.25. The predicted molar refractivity (Wildman–Crippen MR) is 64.1 cm³/mol. The van der Waals surface area contributed by atoms with Gasteiger partial charge >= 0.3 is 0 Å². The van der Waals surface area contributed by atoms with Gasteiger partial charge in [0.05, 0.1) is 6.10 Å². The topological polar surface area (TPSA) is 26.3 Å². The minimum atomic E-state index is 0.167. The van der Waals surface area contributed by atoms with Gasteiger partial charge in [0.15, 0.2) is 0 Å². The van der Waals surface area contributed by atoms with Crippen LogP contribution < -0.4 is 0 Å². The fourth-order valence-electron chi connectivity index (χ4n) is 1.58. The Labute approximate surface area is 94.4 Å². The fourth-order valence-corrected chi connectivity index (χ4v) is 1.58. The van der Waals surface area contributed by atoms with E-state index in [1.165, 1.54) is 19.3 Å². The van der Waals surface area contributed by atoms with Crippen molar-refractivity contribution in [2.75, 3.05) is 6.61 Å². The number of hydrogen-bond donors (Lipinski definition) is 0. The average molecular weight is 214 g/mol. The van der Waals surface area contributed by atoms with Crippen molar-refractivity contribution in [3.63, 3.8) is 0 Å².